The third-order valence-corrected chi connectivity index (χ3v) is 7.11. The number of anilines is 1. The molecule has 4 aromatic rings. The van der Waals surface area contributed by atoms with Crippen molar-refractivity contribution in [3.05, 3.63) is 76.5 Å². The van der Waals surface area contributed by atoms with Crippen LogP contribution in [0.3, 0.4) is 0 Å². The number of carbonyl (C=O) groups is 2. The van der Waals surface area contributed by atoms with E-state index in [9.17, 15) is 9.59 Å². The summed E-state index contributed by atoms with van der Waals surface area (Å²) in [6.45, 7) is 3.12. The fourth-order valence-electron chi connectivity index (χ4n) is 4.35. The highest BCUT2D eigenvalue weighted by Crippen LogP contribution is 2.27. The van der Waals surface area contributed by atoms with Crippen molar-refractivity contribution >= 4 is 39.7 Å². The van der Waals surface area contributed by atoms with Crippen LogP contribution in [0.1, 0.15) is 28.1 Å². The van der Waals surface area contributed by atoms with Crippen LogP contribution in [0.4, 0.5) is 5.69 Å². The van der Waals surface area contributed by atoms with Crippen LogP contribution in [-0.2, 0) is 4.79 Å². The summed E-state index contributed by atoms with van der Waals surface area (Å²) in [5.74, 6) is -0.195. The van der Waals surface area contributed by atoms with Gasteiger partial charge in [-0.15, -0.1) is 11.3 Å². The minimum atomic E-state index is -0.204. The van der Waals surface area contributed by atoms with E-state index in [0.29, 0.717) is 13.1 Å². The number of aromatic amines is 1. The summed E-state index contributed by atoms with van der Waals surface area (Å²) in [7, 11) is 0. The van der Waals surface area contributed by atoms with Gasteiger partial charge in [0, 0.05) is 40.9 Å². The molecule has 162 valence electrons. The lowest BCUT2D eigenvalue weighted by atomic mass is 9.96. The van der Waals surface area contributed by atoms with Crippen molar-refractivity contribution in [3.63, 3.8) is 0 Å². The molecule has 1 saturated heterocycles. The van der Waals surface area contributed by atoms with E-state index in [4.69, 9.17) is 0 Å². The van der Waals surface area contributed by atoms with Crippen molar-refractivity contribution in [3.8, 4) is 11.3 Å². The van der Waals surface area contributed by atoms with Gasteiger partial charge in [-0.05, 0) is 61.0 Å². The molecule has 1 fully saturated rings. The smallest absolute Gasteiger partial charge is 0.264 e. The predicted molar refractivity (Wildman–Crippen MR) is 130 cm³/mol. The number of H-pyrrole nitrogens is 1. The Hall–Kier alpha value is -3.38. The zero-order valence-corrected chi connectivity index (χ0v) is 18.7. The van der Waals surface area contributed by atoms with Gasteiger partial charge in [-0.1, -0.05) is 30.3 Å². The van der Waals surface area contributed by atoms with Crippen molar-refractivity contribution in [1.29, 1.82) is 0 Å². The molecular formula is C26H25N3O2S. The first-order valence-electron chi connectivity index (χ1n) is 10.9. The number of amides is 2. The largest absolute Gasteiger partial charge is 0.355 e. The summed E-state index contributed by atoms with van der Waals surface area (Å²) in [5, 5.41) is 6.17. The summed E-state index contributed by atoms with van der Waals surface area (Å²) >= 11 is 1.47. The Kier molecular flexibility index (Phi) is 5.53. The molecule has 2 aromatic carbocycles. The first kappa shape index (κ1) is 20.5. The number of hydrogen-bond acceptors (Lipinski definition) is 3. The molecule has 1 atom stereocenters. The van der Waals surface area contributed by atoms with Crippen molar-refractivity contribution in [2.24, 2.45) is 5.92 Å². The molecule has 2 aromatic heterocycles. The average molecular weight is 444 g/mol. The number of aryl methyl sites for hydroxylation is 1. The quantitative estimate of drug-likeness (QED) is 0.425. The maximum absolute atomic E-state index is 13.0. The highest BCUT2D eigenvalue weighted by atomic mass is 32.1. The van der Waals surface area contributed by atoms with Gasteiger partial charge in [0.25, 0.3) is 5.91 Å². The summed E-state index contributed by atoms with van der Waals surface area (Å²) in [6.07, 6.45) is 1.63. The molecule has 3 heterocycles. The molecule has 0 bridgehead atoms. The highest BCUT2D eigenvalue weighted by Gasteiger charge is 2.30. The molecule has 0 spiro atoms. The van der Waals surface area contributed by atoms with Gasteiger partial charge in [-0.25, -0.2) is 0 Å². The van der Waals surface area contributed by atoms with Gasteiger partial charge in [0.2, 0.25) is 5.91 Å². The van der Waals surface area contributed by atoms with Crippen LogP contribution in [0.15, 0.2) is 66.0 Å². The van der Waals surface area contributed by atoms with Crippen molar-refractivity contribution in [2.75, 3.05) is 18.4 Å². The van der Waals surface area contributed by atoms with Gasteiger partial charge in [0.15, 0.2) is 0 Å². The normalized spacial score (nSPS) is 16.3. The van der Waals surface area contributed by atoms with Crippen LogP contribution in [0.5, 0.6) is 0 Å². The molecule has 2 N–H and O–H groups in total. The number of fused-ring (bicyclic) bond motifs is 1. The number of hydrogen-bond donors (Lipinski definition) is 2. The Bertz CT molecular complexity index is 1260. The second kappa shape index (κ2) is 8.63. The number of piperidine rings is 1. The van der Waals surface area contributed by atoms with Crippen LogP contribution >= 0.6 is 11.3 Å². The molecule has 0 radical (unpaired) electrons. The van der Waals surface area contributed by atoms with E-state index in [2.05, 4.69) is 28.5 Å². The van der Waals surface area contributed by atoms with Gasteiger partial charge < -0.3 is 15.2 Å². The zero-order chi connectivity index (χ0) is 22.1. The maximum atomic E-state index is 13.0. The molecule has 1 aliphatic heterocycles. The van der Waals surface area contributed by atoms with E-state index < -0.39 is 0 Å². The van der Waals surface area contributed by atoms with Gasteiger partial charge in [-0.2, -0.15) is 0 Å². The number of likely N-dealkylation sites (tertiary alicyclic amines) is 1. The van der Waals surface area contributed by atoms with Crippen LogP contribution in [-0.4, -0.2) is 34.8 Å². The first-order chi connectivity index (χ1) is 15.6. The fourth-order valence-corrected chi connectivity index (χ4v) is 5.24. The van der Waals surface area contributed by atoms with Crippen LogP contribution < -0.4 is 5.32 Å². The van der Waals surface area contributed by atoms with Crippen molar-refractivity contribution < 1.29 is 9.59 Å². The number of rotatable bonds is 4. The number of nitrogens with one attached hydrogen (secondary N) is 2. The van der Waals surface area contributed by atoms with Gasteiger partial charge in [0.1, 0.15) is 0 Å². The lowest BCUT2D eigenvalue weighted by Gasteiger charge is -2.32. The summed E-state index contributed by atoms with van der Waals surface area (Å²) in [6, 6.07) is 20.1. The van der Waals surface area contributed by atoms with Crippen LogP contribution in [0.2, 0.25) is 0 Å². The van der Waals surface area contributed by atoms with E-state index in [0.717, 1.165) is 51.1 Å². The third kappa shape index (κ3) is 4.06. The third-order valence-electron chi connectivity index (χ3n) is 6.11. The fraction of sp³-hybridized carbons (Fsp3) is 0.231. The Morgan fingerprint density at radius 3 is 2.78 bits per heavy atom. The van der Waals surface area contributed by atoms with Crippen LogP contribution in [0.25, 0.3) is 22.2 Å². The molecule has 0 unspecified atom stereocenters. The number of benzene rings is 2. The van der Waals surface area contributed by atoms with Gasteiger partial charge in [-0.3, -0.25) is 9.59 Å². The molecule has 0 saturated carbocycles. The molecule has 5 rings (SSSR count). The second-order valence-electron chi connectivity index (χ2n) is 8.36. The molecule has 0 aliphatic carbocycles. The van der Waals surface area contributed by atoms with Crippen molar-refractivity contribution in [2.45, 2.75) is 19.8 Å². The SMILES string of the molecule is Cc1ccsc1C(=O)N1CCC[C@@H](C(=O)Nc2cccc(-c3cc4ccccc4[nH]3)c2)C1. The zero-order valence-electron chi connectivity index (χ0n) is 17.9. The van der Waals surface area contributed by atoms with E-state index in [1.54, 1.807) is 0 Å². The number of nitrogens with zero attached hydrogens (tertiary/aromatic N) is 1. The maximum Gasteiger partial charge on any atom is 0.264 e. The number of aromatic nitrogens is 1. The topological polar surface area (TPSA) is 65.2 Å². The standard InChI is InChI=1S/C26H25N3O2S/c1-17-11-13-32-24(17)26(31)29-12-5-8-20(16-29)25(30)27-21-9-4-7-18(14-21)23-15-19-6-2-3-10-22(19)28-23/h2-4,6-7,9-11,13-15,20,28H,5,8,12,16H2,1H3,(H,27,30)/t20-/m1/s1. The minimum Gasteiger partial charge on any atom is -0.355 e. The molecular weight excluding hydrogens is 418 g/mol. The molecule has 2 amide bonds. The molecule has 32 heavy (non-hydrogen) atoms. The van der Waals surface area contributed by atoms with Gasteiger partial charge in [0.05, 0.1) is 10.8 Å². The minimum absolute atomic E-state index is 0.0285. The van der Waals surface area contributed by atoms with Crippen LogP contribution in [0, 0.1) is 12.8 Å². The van der Waals surface area contributed by atoms with E-state index in [-0.39, 0.29) is 17.7 Å². The Labute approximate surface area is 191 Å². The highest BCUT2D eigenvalue weighted by molar-refractivity contribution is 7.12. The number of para-hydroxylation sites is 1. The van der Waals surface area contributed by atoms with E-state index in [1.807, 2.05) is 59.7 Å². The lowest BCUT2D eigenvalue weighted by Crippen LogP contribution is -2.43. The Balaban J connectivity index is 1.29. The Morgan fingerprint density at radius 2 is 1.97 bits per heavy atom. The second-order valence-corrected chi connectivity index (χ2v) is 9.28. The first-order valence-corrected chi connectivity index (χ1v) is 11.8. The summed E-state index contributed by atoms with van der Waals surface area (Å²) in [4.78, 5) is 31.9. The Morgan fingerprint density at radius 1 is 1.09 bits per heavy atom. The molecule has 6 heteroatoms. The molecule has 1 aliphatic rings. The predicted octanol–water partition coefficient (Wildman–Crippen LogP) is 5.70. The summed E-state index contributed by atoms with van der Waals surface area (Å²) < 4.78 is 0. The number of thiophene rings is 1. The monoisotopic (exact) mass is 443 g/mol. The lowest BCUT2D eigenvalue weighted by molar-refractivity contribution is -0.121. The van der Waals surface area contributed by atoms with E-state index in [1.165, 1.54) is 11.3 Å². The van der Waals surface area contributed by atoms with Gasteiger partial charge >= 0.3 is 0 Å². The van der Waals surface area contributed by atoms with E-state index >= 15 is 0 Å². The average Bonchev–Trinajstić information content (AvgIpc) is 3.45. The van der Waals surface area contributed by atoms with Crippen molar-refractivity contribution in [1.82, 2.24) is 9.88 Å². The number of carbonyl (C=O) groups excluding carboxylic acids is 2. The summed E-state index contributed by atoms with van der Waals surface area (Å²) in [5.41, 5.74) is 4.89. The molecule has 5 nitrogen and oxygen atoms in total.